The summed E-state index contributed by atoms with van der Waals surface area (Å²) in [5, 5.41) is 0. The number of hydrogen-bond acceptors (Lipinski definition) is 1. The predicted octanol–water partition coefficient (Wildman–Crippen LogP) is 4.25. The van der Waals surface area contributed by atoms with E-state index in [1.165, 1.54) is 25.7 Å². The molecule has 0 aromatic heterocycles. The molecule has 3 unspecified atom stereocenters. The monoisotopic (exact) mass is 276 g/mol. The van der Waals surface area contributed by atoms with Crippen LogP contribution in [0.25, 0.3) is 0 Å². The summed E-state index contributed by atoms with van der Waals surface area (Å²) in [6.45, 7) is 8.59. The van der Waals surface area contributed by atoms with E-state index in [0.29, 0.717) is 0 Å². The lowest BCUT2D eigenvalue weighted by Gasteiger charge is -2.35. The Morgan fingerprint density at radius 2 is 2.07 bits per heavy atom. The molecule has 1 aliphatic carbocycles. The highest BCUT2D eigenvalue weighted by Crippen LogP contribution is 2.38. The average Bonchev–Trinajstić information content (AvgIpc) is 2.20. The summed E-state index contributed by atoms with van der Waals surface area (Å²) in [5.41, 5.74) is 0. The van der Waals surface area contributed by atoms with Crippen LogP contribution in [0.15, 0.2) is 0 Å². The van der Waals surface area contributed by atoms with E-state index in [1.54, 1.807) is 0 Å². The Kier molecular flexibility index (Phi) is 6.21. The van der Waals surface area contributed by atoms with Crippen LogP contribution in [0.3, 0.4) is 0 Å². The standard InChI is InChI=1S/C13H25BrO/c1-4-15-8-7-12-9-11(10(2)3)5-6-13(12)14/h10-13H,4-9H2,1-3H3. The third-order valence-corrected chi connectivity index (χ3v) is 4.92. The molecule has 1 aliphatic rings. The molecule has 0 bridgehead atoms. The molecule has 15 heavy (non-hydrogen) atoms. The van der Waals surface area contributed by atoms with Crippen molar-refractivity contribution in [2.75, 3.05) is 13.2 Å². The minimum Gasteiger partial charge on any atom is -0.382 e. The molecule has 0 aliphatic heterocycles. The Balaban J connectivity index is 2.32. The predicted molar refractivity (Wildman–Crippen MR) is 69.5 cm³/mol. The topological polar surface area (TPSA) is 9.23 Å². The number of hydrogen-bond donors (Lipinski definition) is 0. The summed E-state index contributed by atoms with van der Waals surface area (Å²) < 4.78 is 5.46. The first kappa shape index (κ1) is 13.5. The summed E-state index contributed by atoms with van der Waals surface area (Å²) in [6, 6.07) is 0. The van der Waals surface area contributed by atoms with Crippen LogP contribution in [0.5, 0.6) is 0 Å². The molecule has 0 heterocycles. The highest BCUT2D eigenvalue weighted by atomic mass is 79.9. The minimum absolute atomic E-state index is 0.730. The van der Waals surface area contributed by atoms with Gasteiger partial charge < -0.3 is 4.74 Å². The summed E-state index contributed by atoms with van der Waals surface area (Å²) in [4.78, 5) is 0.730. The van der Waals surface area contributed by atoms with Gasteiger partial charge in [0.1, 0.15) is 0 Å². The van der Waals surface area contributed by atoms with Crippen LogP contribution in [0.1, 0.15) is 46.5 Å². The van der Waals surface area contributed by atoms with Gasteiger partial charge in [0.2, 0.25) is 0 Å². The van der Waals surface area contributed by atoms with E-state index in [4.69, 9.17) is 4.74 Å². The fourth-order valence-corrected chi connectivity index (χ4v) is 3.29. The second kappa shape index (κ2) is 6.90. The average molecular weight is 277 g/mol. The van der Waals surface area contributed by atoms with Gasteiger partial charge in [0.05, 0.1) is 0 Å². The van der Waals surface area contributed by atoms with Gasteiger partial charge in [0, 0.05) is 18.0 Å². The molecular formula is C13H25BrO. The van der Waals surface area contributed by atoms with Gasteiger partial charge in [-0.15, -0.1) is 0 Å². The van der Waals surface area contributed by atoms with E-state index in [0.717, 1.165) is 35.8 Å². The lowest BCUT2D eigenvalue weighted by atomic mass is 9.75. The molecule has 0 aromatic rings. The van der Waals surface area contributed by atoms with Crippen molar-refractivity contribution in [3.63, 3.8) is 0 Å². The summed E-state index contributed by atoms with van der Waals surface area (Å²) in [6.07, 6.45) is 5.37. The van der Waals surface area contributed by atoms with E-state index in [2.05, 4.69) is 36.7 Å². The molecule has 0 saturated heterocycles. The van der Waals surface area contributed by atoms with Gasteiger partial charge >= 0.3 is 0 Å². The molecule has 1 rings (SSSR count). The Hall–Kier alpha value is 0.440. The molecule has 0 amide bonds. The third kappa shape index (κ3) is 4.44. The van der Waals surface area contributed by atoms with Gasteiger partial charge in [-0.3, -0.25) is 0 Å². The number of halogens is 1. The summed E-state index contributed by atoms with van der Waals surface area (Å²) in [5.74, 6) is 2.61. The van der Waals surface area contributed by atoms with Crippen molar-refractivity contribution < 1.29 is 4.74 Å². The van der Waals surface area contributed by atoms with Gasteiger partial charge in [0.15, 0.2) is 0 Å². The number of ether oxygens (including phenoxy) is 1. The van der Waals surface area contributed by atoms with Crippen LogP contribution < -0.4 is 0 Å². The zero-order chi connectivity index (χ0) is 11.3. The van der Waals surface area contributed by atoms with Gasteiger partial charge in [-0.1, -0.05) is 29.8 Å². The first-order chi connectivity index (χ1) is 7.15. The Morgan fingerprint density at radius 1 is 1.33 bits per heavy atom. The van der Waals surface area contributed by atoms with Crippen molar-refractivity contribution >= 4 is 15.9 Å². The number of rotatable bonds is 5. The van der Waals surface area contributed by atoms with Gasteiger partial charge in [-0.05, 0) is 50.4 Å². The lowest BCUT2D eigenvalue weighted by molar-refractivity contribution is 0.115. The fourth-order valence-electron chi connectivity index (χ4n) is 2.55. The molecule has 0 N–H and O–H groups in total. The summed E-state index contributed by atoms with van der Waals surface area (Å²) in [7, 11) is 0. The van der Waals surface area contributed by atoms with Gasteiger partial charge in [0.25, 0.3) is 0 Å². The maximum absolute atomic E-state index is 5.46. The van der Waals surface area contributed by atoms with Crippen LogP contribution >= 0.6 is 15.9 Å². The highest BCUT2D eigenvalue weighted by Gasteiger charge is 2.29. The van der Waals surface area contributed by atoms with Crippen molar-refractivity contribution in [3.05, 3.63) is 0 Å². The second-order valence-electron chi connectivity index (χ2n) is 5.08. The zero-order valence-corrected chi connectivity index (χ0v) is 11.9. The molecule has 2 heteroatoms. The van der Waals surface area contributed by atoms with Crippen LogP contribution in [0.4, 0.5) is 0 Å². The highest BCUT2D eigenvalue weighted by molar-refractivity contribution is 9.09. The van der Waals surface area contributed by atoms with E-state index in [1.807, 2.05) is 0 Å². The van der Waals surface area contributed by atoms with E-state index in [9.17, 15) is 0 Å². The van der Waals surface area contributed by atoms with Crippen molar-refractivity contribution in [2.24, 2.45) is 17.8 Å². The molecule has 0 spiro atoms. The zero-order valence-electron chi connectivity index (χ0n) is 10.3. The largest absolute Gasteiger partial charge is 0.382 e. The van der Waals surface area contributed by atoms with E-state index in [-0.39, 0.29) is 0 Å². The quantitative estimate of drug-likeness (QED) is 0.539. The SMILES string of the molecule is CCOCCC1CC(C(C)C)CCC1Br. The van der Waals surface area contributed by atoms with Crippen LogP contribution in [-0.4, -0.2) is 18.0 Å². The van der Waals surface area contributed by atoms with Crippen molar-refractivity contribution in [1.29, 1.82) is 0 Å². The minimum atomic E-state index is 0.730. The van der Waals surface area contributed by atoms with Crippen LogP contribution in [-0.2, 0) is 4.74 Å². The second-order valence-corrected chi connectivity index (χ2v) is 6.25. The van der Waals surface area contributed by atoms with Crippen molar-refractivity contribution in [2.45, 2.75) is 51.3 Å². The van der Waals surface area contributed by atoms with E-state index < -0.39 is 0 Å². The maximum Gasteiger partial charge on any atom is 0.0468 e. The fraction of sp³-hybridized carbons (Fsp3) is 1.00. The van der Waals surface area contributed by atoms with Crippen molar-refractivity contribution in [3.8, 4) is 0 Å². The van der Waals surface area contributed by atoms with Gasteiger partial charge in [-0.2, -0.15) is 0 Å². The Labute approximate surface area is 103 Å². The molecular weight excluding hydrogens is 252 g/mol. The maximum atomic E-state index is 5.46. The smallest absolute Gasteiger partial charge is 0.0468 e. The van der Waals surface area contributed by atoms with Gasteiger partial charge in [-0.25, -0.2) is 0 Å². The van der Waals surface area contributed by atoms with E-state index >= 15 is 0 Å². The third-order valence-electron chi connectivity index (χ3n) is 3.71. The van der Waals surface area contributed by atoms with Crippen molar-refractivity contribution in [1.82, 2.24) is 0 Å². The molecule has 90 valence electrons. The molecule has 1 fully saturated rings. The molecule has 3 atom stereocenters. The number of alkyl halides is 1. The first-order valence-corrected chi connectivity index (χ1v) is 7.28. The summed E-state index contributed by atoms with van der Waals surface area (Å²) >= 11 is 3.83. The van der Waals surface area contributed by atoms with Crippen LogP contribution in [0.2, 0.25) is 0 Å². The molecule has 0 aromatic carbocycles. The lowest BCUT2D eigenvalue weighted by Crippen LogP contribution is -2.28. The first-order valence-electron chi connectivity index (χ1n) is 6.37. The molecule has 1 saturated carbocycles. The normalized spacial score (nSPS) is 32.2. The molecule has 0 radical (unpaired) electrons. The Morgan fingerprint density at radius 3 is 2.67 bits per heavy atom. The Bertz CT molecular complexity index is 170. The molecule has 1 nitrogen and oxygen atoms in total. The van der Waals surface area contributed by atoms with Crippen LogP contribution in [0, 0.1) is 17.8 Å².